The second-order valence-corrected chi connectivity index (χ2v) is 9.37. The van der Waals surface area contributed by atoms with E-state index in [1.165, 1.54) is 0 Å². The maximum absolute atomic E-state index is 12.4. The number of aliphatic hydroxyl groups is 1. The van der Waals surface area contributed by atoms with Crippen LogP contribution < -0.4 is 14.9 Å². The zero-order valence-corrected chi connectivity index (χ0v) is 18.2. The lowest BCUT2D eigenvalue weighted by Gasteiger charge is -2.32. The molecule has 1 aromatic rings. The van der Waals surface area contributed by atoms with Crippen molar-refractivity contribution >= 4 is 18.4 Å². The van der Waals surface area contributed by atoms with Crippen LogP contribution in [0.25, 0.3) is 0 Å². The van der Waals surface area contributed by atoms with E-state index in [1.807, 2.05) is 39.8 Å². The summed E-state index contributed by atoms with van der Waals surface area (Å²) in [5, 5.41) is 9.70. The summed E-state index contributed by atoms with van der Waals surface area (Å²) in [4.78, 5) is 12.4. The lowest BCUT2D eigenvalue weighted by atomic mass is 9.79. The Morgan fingerprint density at radius 1 is 1.10 bits per heavy atom. The number of aliphatic hydroxyl groups excluding tert-OH is 1. The van der Waals surface area contributed by atoms with E-state index in [1.54, 1.807) is 13.2 Å². The minimum absolute atomic E-state index is 0.00182. The van der Waals surface area contributed by atoms with Gasteiger partial charge in [-0.05, 0) is 58.1 Å². The minimum Gasteiger partial charge on any atom is -0.493 e. The first kappa shape index (κ1) is 22.1. The number of Topliss-reactive ketones (excluding diaryl/α,β-unsaturated/α-hetero) is 1. The fraction of sp³-hybridized carbons (Fsp3) is 0.682. The molecule has 7 heteroatoms. The van der Waals surface area contributed by atoms with Gasteiger partial charge < -0.3 is 23.9 Å². The molecule has 0 aromatic heterocycles. The average molecular weight is 404 g/mol. The highest BCUT2D eigenvalue weighted by molar-refractivity contribution is 6.62. The molecule has 1 aromatic carbocycles. The smallest absolute Gasteiger partial charge is 0.493 e. The molecule has 1 heterocycles. The van der Waals surface area contributed by atoms with Gasteiger partial charge in [0.25, 0.3) is 0 Å². The van der Waals surface area contributed by atoms with Gasteiger partial charge in [-0.3, -0.25) is 4.79 Å². The summed E-state index contributed by atoms with van der Waals surface area (Å²) in [5.41, 5.74) is -0.264. The monoisotopic (exact) mass is 404 g/mol. The molecule has 1 saturated heterocycles. The molecule has 0 spiro atoms. The van der Waals surface area contributed by atoms with Crippen molar-refractivity contribution < 1.29 is 28.7 Å². The first-order chi connectivity index (χ1) is 13.6. The van der Waals surface area contributed by atoms with E-state index < -0.39 is 18.3 Å². The SMILES string of the molecule is COc1cc(B2OC(C)(C)C(C)(C)O2)ccc1OCC(=O)CC1(CO)CCCC1. The van der Waals surface area contributed by atoms with Crippen LogP contribution in [-0.4, -0.2) is 49.5 Å². The molecule has 0 radical (unpaired) electrons. The molecule has 1 aliphatic heterocycles. The van der Waals surface area contributed by atoms with Crippen LogP contribution >= 0.6 is 0 Å². The van der Waals surface area contributed by atoms with E-state index in [2.05, 4.69) is 0 Å². The molecule has 2 fully saturated rings. The molecule has 160 valence electrons. The third-order valence-corrected chi connectivity index (χ3v) is 6.67. The van der Waals surface area contributed by atoms with Crippen molar-refractivity contribution in [3.63, 3.8) is 0 Å². The van der Waals surface area contributed by atoms with E-state index in [-0.39, 0.29) is 24.4 Å². The number of ketones is 1. The Hall–Kier alpha value is -1.57. The van der Waals surface area contributed by atoms with Gasteiger partial charge in [0.05, 0.1) is 18.3 Å². The Balaban J connectivity index is 1.64. The van der Waals surface area contributed by atoms with Crippen LogP contribution in [0.15, 0.2) is 18.2 Å². The van der Waals surface area contributed by atoms with E-state index >= 15 is 0 Å². The molecular formula is C22H33BO6. The maximum Gasteiger partial charge on any atom is 0.494 e. The van der Waals surface area contributed by atoms with Crippen molar-refractivity contribution in [2.75, 3.05) is 20.3 Å². The molecule has 29 heavy (non-hydrogen) atoms. The summed E-state index contributed by atoms with van der Waals surface area (Å²) >= 11 is 0. The topological polar surface area (TPSA) is 74.2 Å². The zero-order valence-electron chi connectivity index (χ0n) is 18.2. The molecule has 0 atom stereocenters. The summed E-state index contributed by atoms with van der Waals surface area (Å²) in [6.07, 6.45) is 4.31. The van der Waals surface area contributed by atoms with Crippen LogP contribution in [0, 0.1) is 5.41 Å². The van der Waals surface area contributed by atoms with Gasteiger partial charge in [0.15, 0.2) is 17.3 Å². The molecule has 2 aliphatic rings. The highest BCUT2D eigenvalue weighted by Gasteiger charge is 2.51. The second kappa shape index (κ2) is 8.28. The van der Waals surface area contributed by atoms with Crippen molar-refractivity contribution in [1.29, 1.82) is 0 Å². The number of rotatable bonds is 8. The quantitative estimate of drug-likeness (QED) is 0.672. The van der Waals surface area contributed by atoms with Gasteiger partial charge >= 0.3 is 7.12 Å². The van der Waals surface area contributed by atoms with Crippen molar-refractivity contribution in [3.05, 3.63) is 18.2 Å². The van der Waals surface area contributed by atoms with Gasteiger partial charge in [-0.1, -0.05) is 18.9 Å². The van der Waals surface area contributed by atoms with Gasteiger partial charge in [-0.2, -0.15) is 0 Å². The average Bonchev–Trinajstić information content (AvgIpc) is 3.22. The zero-order chi connectivity index (χ0) is 21.3. The van der Waals surface area contributed by atoms with Crippen LogP contribution in [-0.2, 0) is 14.1 Å². The molecule has 0 bridgehead atoms. The van der Waals surface area contributed by atoms with Crippen molar-refractivity contribution in [2.45, 2.75) is 71.0 Å². The Bertz CT molecular complexity index is 723. The molecule has 1 saturated carbocycles. The number of ether oxygens (including phenoxy) is 2. The minimum atomic E-state index is -0.489. The Kier molecular flexibility index (Phi) is 6.32. The van der Waals surface area contributed by atoms with Crippen LogP contribution in [0.5, 0.6) is 11.5 Å². The molecule has 0 unspecified atom stereocenters. The summed E-state index contributed by atoms with van der Waals surface area (Å²) in [5.74, 6) is 1.03. The number of benzene rings is 1. The molecular weight excluding hydrogens is 371 g/mol. The van der Waals surface area contributed by atoms with Gasteiger partial charge in [0, 0.05) is 18.4 Å². The van der Waals surface area contributed by atoms with Crippen LogP contribution in [0.3, 0.4) is 0 Å². The lowest BCUT2D eigenvalue weighted by molar-refractivity contribution is -0.124. The van der Waals surface area contributed by atoms with Crippen molar-refractivity contribution in [1.82, 2.24) is 0 Å². The second-order valence-electron chi connectivity index (χ2n) is 9.37. The predicted molar refractivity (Wildman–Crippen MR) is 112 cm³/mol. The predicted octanol–water partition coefficient (Wildman–Crippen LogP) is 2.89. The Labute approximate surface area is 174 Å². The highest BCUT2D eigenvalue weighted by Crippen LogP contribution is 2.41. The van der Waals surface area contributed by atoms with Gasteiger partial charge in [0.2, 0.25) is 0 Å². The molecule has 3 rings (SSSR count). The van der Waals surface area contributed by atoms with Crippen LogP contribution in [0.1, 0.15) is 59.8 Å². The van der Waals surface area contributed by atoms with Crippen molar-refractivity contribution in [2.24, 2.45) is 5.41 Å². The molecule has 1 N–H and O–H groups in total. The molecule has 0 amide bonds. The number of methoxy groups -OCH3 is 1. The summed E-state index contributed by atoms with van der Waals surface area (Å²) in [6.45, 7) is 8.07. The first-order valence-electron chi connectivity index (χ1n) is 10.4. The van der Waals surface area contributed by atoms with Crippen LogP contribution in [0.2, 0.25) is 0 Å². The molecule has 1 aliphatic carbocycles. The summed E-state index contributed by atoms with van der Waals surface area (Å²) < 4.78 is 23.4. The first-order valence-corrected chi connectivity index (χ1v) is 10.4. The Morgan fingerprint density at radius 3 is 2.28 bits per heavy atom. The third-order valence-electron chi connectivity index (χ3n) is 6.67. The fourth-order valence-corrected chi connectivity index (χ4v) is 4.07. The maximum atomic E-state index is 12.4. The van der Waals surface area contributed by atoms with E-state index in [0.29, 0.717) is 17.9 Å². The number of hydrogen-bond acceptors (Lipinski definition) is 6. The Morgan fingerprint density at radius 2 is 1.72 bits per heavy atom. The van der Waals surface area contributed by atoms with Crippen molar-refractivity contribution in [3.8, 4) is 11.5 Å². The number of carbonyl (C=O) groups excluding carboxylic acids is 1. The largest absolute Gasteiger partial charge is 0.494 e. The third kappa shape index (κ3) is 4.62. The van der Waals surface area contributed by atoms with E-state index in [0.717, 1.165) is 31.1 Å². The lowest BCUT2D eigenvalue weighted by Crippen LogP contribution is -2.41. The van der Waals surface area contributed by atoms with E-state index in [9.17, 15) is 9.90 Å². The van der Waals surface area contributed by atoms with E-state index in [4.69, 9.17) is 18.8 Å². The number of carbonyl (C=O) groups is 1. The fourth-order valence-electron chi connectivity index (χ4n) is 4.07. The van der Waals surface area contributed by atoms with Gasteiger partial charge in [0.1, 0.15) is 6.61 Å². The summed E-state index contributed by atoms with van der Waals surface area (Å²) in [6, 6.07) is 5.48. The molecule has 6 nitrogen and oxygen atoms in total. The standard InChI is InChI=1S/C22H33BO6/c1-20(2)21(3,4)29-23(28-20)16-8-9-18(19(12-16)26-5)27-14-17(25)13-22(15-24)10-6-7-11-22/h8-9,12,24H,6-7,10-11,13-15H2,1-5H3. The normalized spacial score (nSPS) is 21.9. The number of hydrogen-bond donors (Lipinski definition) is 1. The van der Waals surface area contributed by atoms with Crippen LogP contribution in [0.4, 0.5) is 0 Å². The summed E-state index contributed by atoms with van der Waals surface area (Å²) in [7, 11) is 1.08. The van der Waals surface area contributed by atoms with Gasteiger partial charge in [-0.25, -0.2) is 0 Å². The highest BCUT2D eigenvalue weighted by atomic mass is 16.7. The van der Waals surface area contributed by atoms with Gasteiger partial charge in [-0.15, -0.1) is 0 Å².